The molecule has 1 aromatic carbocycles. The maximum Gasteiger partial charge on any atom is 0.251 e. The lowest BCUT2D eigenvalue weighted by atomic mass is 10.1. The largest absolute Gasteiger partial charge is 0.369 e. The first-order valence-corrected chi connectivity index (χ1v) is 5.82. The number of carbonyl (C=O) groups excluding carboxylic acids is 1. The van der Waals surface area contributed by atoms with Crippen LogP contribution in [0.15, 0.2) is 42.7 Å². The third-order valence-electron chi connectivity index (χ3n) is 3.10. The van der Waals surface area contributed by atoms with Crippen LogP contribution < -0.4 is 10.6 Å². The minimum Gasteiger partial charge on any atom is -0.369 e. The summed E-state index contributed by atoms with van der Waals surface area (Å²) in [6.45, 7) is 1.99. The van der Waals surface area contributed by atoms with Crippen molar-refractivity contribution in [2.75, 3.05) is 10.6 Å². The molecule has 0 saturated carbocycles. The predicted molar refractivity (Wildman–Crippen MR) is 70.4 cm³/mol. The number of nitrogens with zero attached hydrogens (tertiary/aromatic N) is 1. The zero-order chi connectivity index (χ0) is 12.5. The van der Waals surface area contributed by atoms with Crippen LogP contribution >= 0.6 is 0 Å². The zero-order valence-corrected chi connectivity index (χ0v) is 9.97. The van der Waals surface area contributed by atoms with Crippen LogP contribution in [0.3, 0.4) is 0 Å². The molecule has 1 amide bonds. The van der Waals surface area contributed by atoms with Gasteiger partial charge in [0.05, 0.1) is 5.69 Å². The third-order valence-corrected chi connectivity index (χ3v) is 3.10. The Morgan fingerprint density at radius 1 is 1.28 bits per heavy atom. The van der Waals surface area contributed by atoms with E-state index in [0.717, 1.165) is 22.5 Å². The van der Waals surface area contributed by atoms with Crippen molar-refractivity contribution in [3.63, 3.8) is 0 Å². The average Bonchev–Trinajstić information content (AvgIpc) is 2.70. The topological polar surface area (TPSA) is 54.0 Å². The molecule has 1 atom stereocenters. The monoisotopic (exact) mass is 239 g/mol. The molecule has 4 nitrogen and oxygen atoms in total. The van der Waals surface area contributed by atoms with E-state index in [4.69, 9.17) is 0 Å². The van der Waals surface area contributed by atoms with Gasteiger partial charge in [0, 0.05) is 23.6 Å². The first-order valence-electron chi connectivity index (χ1n) is 5.82. The van der Waals surface area contributed by atoms with Gasteiger partial charge < -0.3 is 10.6 Å². The fourth-order valence-corrected chi connectivity index (χ4v) is 2.20. The molecule has 0 bridgehead atoms. The number of hydrogen-bond donors (Lipinski definition) is 2. The van der Waals surface area contributed by atoms with Gasteiger partial charge in [-0.2, -0.15) is 0 Å². The van der Waals surface area contributed by atoms with Crippen molar-refractivity contribution < 1.29 is 4.79 Å². The zero-order valence-electron chi connectivity index (χ0n) is 9.97. The lowest BCUT2D eigenvalue weighted by Crippen LogP contribution is -2.19. The molecule has 0 radical (unpaired) electrons. The van der Waals surface area contributed by atoms with Crippen LogP contribution in [-0.2, 0) is 4.79 Å². The van der Waals surface area contributed by atoms with Crippen molar-refractivity contribution in [3.05, 3.63) is 53.9 Å². The van der Waals surface area contributed by atoms with Gasteiger partial charge in [0.15, 0.2) is 0 Å². The number of carbonyl (C=O) groups is 1. The maximum atomic E-state index is 12.0. The van der Waals surface area contributed by atoms with Gasteiger partial charge in [-0.05, 0) is 24.6 Å². The molecule has 0 saturated heterocycles. The lowest BCUT2D eigenvalue weighted by molar-refractivity contribution is -0.116. The van der Waals surface area contributed by atoms with E-state index in [1.54, 1.807) is 12.4 Å². The third kappa shape index (κ3) is 1.72. The van der Waals surface area contributed by atoms with Crippen molar-refractivity contribution in [2.24, 2.45) is 0 Å². The van der Waals surface area contributed by atoms with Gasteiger partial charge in [-0.3, -0.25) is 9.78 Å². The van der Waals surface area contributed by atoms with E-state index >= 15 is 0 Å². The summed E-state index contributed by atoms with van der Waals surface area (Å²) in [7, 11) is 0. The highest BCUT2D eigenvalue weighted by atomic mass is 16.2. The van der Waals surface area contributed by atoms with Crippen molar-refractivity contribution in [1.29, 1.82) is 0 Å². The van der Waals surface area contributed by atoms with Crippen LogP contribution in [0, 0.1) is 6.92 Å². The molecule has 4 heteroatoms. The Morgan fingerprint density at radius 2 is 2.17 bits per heavy atom. The fraction of sp³-hybridized carbons (Fsp3) is 0.143. The smallest absolute Gasteiger partial charge is 0.251 e. The fourth-order valence-electron chi connectivity index (χ4n) is 2.20. The molecule has 1 aliphatic rings. The summed E-state index contributed by atoms with van der Waals surface area (Å²) in [5, 5.41) is 6.11. The quantitative estimate of drug-likeness (QED) is 0.846. The van der Waals surface area contributed by atoms with Crippen LogP contribution in [0.1, 0.15) is 17.2 Å². The van der Waals surface area contributed by atoms with E-state index < -0.39 is 0 Å². The number of para-hydroxylation sites is 1. The maximum absolute atomic E-state index is 12.0. The highest BCUT2D eigenvalue weighted by Crippen LogP contribution is 2.35. The molecule has 2 heterocycles. The lowest BCUT2D eigenvalue weighted by Gasteiger charge is -2.12. The first kappa shape index (κ1) is 10.8. The average molecular weight is 239 g/mol. The van der Waals surface area contributed by atoms with E-state index in [2.05, 4.69) is 15.6 Å². The van der Waals surface area contributed by atoms with E-state index in [-0.39, 0.29) is 11.9 Å². The number of hydrogen-bond acceptors (Lipinski definition) is 3. The molecule has 3 rings (SSSR count). The Morgan fingerprint density at radius 3 is 2.94 bits per heavy atom. The summed E-state index contributed by atoms with van der Waals surface area (Å²) < 4.78 is 0. The molecular weight excluding hydrogens is 226 g/mol. The molecule has 0 fully saturated rings. The molecular formula is C14H13N3O. The Hall–Kier alpha value is -2.36. The van der Waals surface area contributed by atoms with Gasteiger partial charge in [-0.1, -0.05) is 18.2 Å². The number of aromatic nitrogens is 1. The van der Waals surface area contributed by atoms with Crippen molar-refractivity contribution in [1.82, 2.24) is 4.98 Å². The second kappa shape index (κ2) is 4.14. The van der Waals surface area contributed by atoms with E-state index in [0.29, 0.717) is 0 Å². The molecule has 2 aromatic rings. The van der Waals surface area contributed by atoms with Gasteiger partial charge in [-0.25, -0.2) is 0 Å². The predicted octanol–water partition coefficient (Wildman–Crippen LogP) is 2.50. The summed E-state index contributed by atoms with van der Waals surface area (Å²) in [6, 6.07) is 9.32. The van der Waals surface area contributed by atoms with E-state index in [1.807, 2.05) is 37.3 Å². The molecule has 1 unspecified atom stereocenters. The normalized spacial score (nSPS) is 17.2. The Bertz CT molecular complexity index is 595. The molecule has 0 aliphatic carbocycles. The van der Waals surface area contributed by atoms with E-state index in [1.165, 1.54) is 0 Å². The van der Waals surface area contributed by atoms with Gasteiger partial charge in [0.2, 0.25) is 0 Å². The molecule has 18 heavy (non-hydrogen) atoms. The second-order valence-corrected chi connectivity index (χ2v) is 4.35. The van der Waals surface area contributed by atoms with Crippen LogP contribution in [0.25, 0.3) is 0 Å². The molecule has 90 valence electrons. The second-order valence-electron chi connectivity index (χ2n) is 4.35. The highest BCUT2D eigenvalue weighted by Gasteiger charge is 2.31. The van der Waals surface area contributed by atoms with Gasteiger partial charge in [0.25, 0.3) is 5.91 Å². The number of aryl methyl sites for hydroxylation is 1. The summed E-state index contributed by atoms with van der Waals surface area (Å²) in [5.74, 6) is -0.0249. The SMILES string of the molecule is Cc1cccc2c1NC(=O)C2Nc1cccnc1. The number of amides is 1. The molecule has 2 N–H and O–H groups in total. The number of benzene rings is 1. The molecule has 1 aliphatic heterocycles. The van der Waals surface area contributed by atoms with Crippen LogP contribution in [-0.4, -0.2) is 10.9 Å². The Balaban J connectivity index is 1.95. The number of rotatable bonds is 2. The first-order chi connectivity index (χ1) is 8.75. The van der Waals surface area contributed by atoms with Crippen LogP contribution in [0.5, 0.6) is 0 Å². The number of fused-ring (bicyclic) bond motifs is 1. The summed E-state index contributed by atoms with van der Waals surface area (Å²) >= 11 is 0. The van der Waals surface area contributed by atoms with Crippen LogP contribution in [0.4, 0.5) is 11.4 Å². The Kier molecular flexibility index (Phi) is 2.48. The summed E-state index contributed by atoms with van der Waals surface area (Å²) in [4.78, 5) is 16.0. The van der Waals surface area contributed by atoms with Crippen molar-refractivity contribution >= 4 is 17.3 Å². The number of nitrogens with one attached hydrogen (secondary N) is 2. The van der Waals surface area contributed by atoms with Gasteiger partial charge in [0.1, 0.15) is 6.04 Å². The minimum atomic E-state index is -0.343. The summed E-state index contributed by atoms with van der Waals surface area (Å²) in [5.41, 5.74) is 3.83. The molecule has 0 spiro atoms. The Labute approximate surface area is 105 Å². The van der Waals surface area contributed by atoms with Crippen molar-refractivity contribution in [2.45, 2.75) is 13.0 Å². The van der Waals surface area contributed by atoms with Gasteiger partial charge in [-0.15, -0.1) is 0 Å². The summed E-state index contributed by atoms with van der Waals surface area (Å²) in [6.07, 6.45) is 3.42. The minimum absolute atomic E-state index is 0.0249. The van der Waals surface area contributed by atoms with E-state index in [9.17, 15) is 4.79 Å². The van der Waals surface area contributed by atoms with Crippen LogP contribution in [0.2, 0.25) is 0 Å². The van der Waals surface area contributed by atoms with Crippen molar-refractivity contribution in [3.8, 4) is 0 Å². The highest BCUT2D eigenvalue weighted by molar-refractivity contribution is 6.04. The molecule has 1 aromatic heterocycles. The van der Waals surface area contributed by atoms with Gasteiger partial charge >= 0.3 is 0 Å². The number of pyridine rings is 1. The standard InChI is InChI=1S/C14H13N3O/c1-9-4-2-6-11-12(9)17-14(18)13(11)16-10-5-3-7-15-8-10/h2-8,13,16H,1H3,(H,17,18). The number of anilines is 2.